The van der Waals surface area contributed by atoms with E-state index in [2.05, 4.69) is 31.2 Å². The molecular formula is C19H21NO2. The van der Waals surface area contributed by atoms with Gasteiger partial charge >= 0.3 is 6.09 Å². The van der Waals surface area contributed by atoms with Crippen LogP contribution in [-0.4, -0.2) is 12.2 Å². The number of rotatable bonds is 5. The van der Waals surface area contributed by atoms with Crippen molar-refractivity contribution in [2.45, 2.75) is 38.2 Å². The van der Waals surface area contributed by atoms with Gasteiger partial charge in [0.25, 0.3) is 0 Å². The summed E-state index contributed by atoms with van der Waals surface area (Å²) in [5.41, 5.74) is 10.2. The molecule has 0 radical (unpaired) electrons. The summed E-state index contributed by atoms with van der Waals surface area (Å²) in [6.45, 7) is 2.14. The van der Waals surface area contributed by atoms with Crippen LogP contribution in [0.1, 0.15) is 43.2 Å². The monoisotopic (exact) mass is 295 g/mol. The largest absolute Gasteiger partial charge is 0.445 e. The Morgan fingerprint density at radius 2 is 1.64 bits per heavy atom. The first-order chi connectivity index (χ1) is 10.7. The molecule has 2 aromatic carbocycles. The first-order valence-corrected chi connectivity index (χ1v) is 7.86. The summed E-state index contributed by atoms with van der Waals surface area (Å²) in [4.78, 5) is 11.4. The van der Waals surface area contributed by atoms with Crippen LogP contribution >= 0.6 is 0 Å². The number of unbranched alkanes of at least 4 members (excludes halogenated alkanes) is 1. The summed E-state index contributed by atoms with van der Waals surface area (Å²) in [5.74, 6) is 0.0754. The van der Waals surface area contributed by atoms with E-state index in [0.717, 1.165) is 19.3 Å². The number of hydrogen-bond acceptors (Lipinski definition) is 2. The number of ether oxygens (including phenoxy) is 1. The summed E-state index contributed by atoms with van der Waals surface area (Å²) < 4.78 is 5.49. The van der Waals surface area contributed by atoms with E-state index in [0.29, 0.717) is 0 Å². The maximum absolute atomic E-state index is 11.4. The number of nitrogens with two attached hydrogens (primary N) is 1. The molecule has 114 valence electrons. The van der Waals surface area contributed by atoms with Crippen LogP contribution in [0.25, 0.3) is 11.1 Å². The third-order valence-electron chi connectivity index (χ3n) is 4.36. The van der Waals surface area contributed by atoms with Crippen molar-refractivity contribution >= 4 is 6.09 Å². The molecule has 0 saturated carbocycles. The molecule has 1 amide bonds. The minimum Gasteiger partial charge on any atom is -0.445 e. The van der Waals surface area contributed by atoms with Crippen molar-refractivity contribution < 1.29 is 9.53 Å². The third kappa shape index (κ3) is 2.59. The standard InChI is InChI=1S/C19H21NO2/c1-2-3-12-17(22-19(20)21)18-15-10-6-4-8-13(15)14-9-5-7-11-16(14)18/h4-11,17-18H,2-3,12H2,1H3,(H2,20,21). The zero-order valence-corrected chi connectivity index (χ0v) is 12.8. The predicted octanol–water partition coefficient (Wildman–Crippen LogP) is 4.45. The maximum atomic E-state index is 11.4. The first kappa shape index (κ1) is 14.6. The summed E-state index contributed by atoms with van der Waals surface area (Å²) in [6.07, 6.45) is 2.01. The highest BCUT2D eigenvalue weighted by atomic mass is 16.6. The van der Waals surface area contributed by atoms with Gasteiger partial charge in [-0.05, 0) is 28.7 Å². The van der Waals surface area contributed by atoms with E-state index >= 15 is 0 Å². The molecule has 0 fully saturated rings. The van der Waals surface area contributed by atoms with E-state index < -0.39 is 6.09 Å². The molecule has 0 bridgehead atoms. The number of benzene rings is 2. The molecule has 3 nitrogen and oxygen atoms in total. The molecule has 2 N–H and O–H groups in total. The van der Waals surface area contributed by atoms with Crippen molar-refractivity contribution in [2.75, 3.05) is 0 Å². The summed E-state index contributed by atoms with van der Waals surface area (Å²) in [6, 6.07) is 16.7. The van der Waals surface area contributed by atoms with Crippen LogP contribution in [0.15, 0.2) is 48.5 Å². The van der Waals surface area contributed by atoms with Crippen molar-refractivity contribution in [3.05, 3.63) is 59.7 Å². The Morgan fingerprint density at radius 1 is 1.09 bits per heavy atom. The molecule has 22 heavy (non-hydrogen) atoms. The van der Waals surface area contributed by atoms with Gasteiger partial charge in [0.05, 0.1) is 0 Å². The Morgan fingerprint density at radius 3 is 2.14 bits per heavy atom. The van der Waals surface area contributed by atoms with Gasteiger partial charge in [0.15, 0.2) is 0 Å². The number of carbonyl (C=O) groups is 1. The fourth-order valence-corrected chi connectivity index (χ4v) is 3.44. The highest BCUT2D eigenvalue weighted by molar-refractivity contribution is 5.79. The van der Waals surface area contributed by atoms with Gasteiger partial charge in [0.1, 0.15) is 6.10 Å². The van der Waals surface area contributed by atoms with Gasteiger partial charge in [0.2, 0.25) is 0 Å². The molecule has 0 aliphatic heterocycles. The van der Waals surface area contributed by atoms with Crippen molar-refractivity contribution in [1.29, 1.82) is 0 Å². The van der Waals surface area contributed by atoms with Crippen molar-refractivity contribution in [1.82, 2.24) is 0 Å². The third-order valence-corrected chi connectivity index (χ3v) is 4.36. The van der Waals surface area contributed by atoms with E-state index in [1.807, 2.05) is 24.3 Å². The van der Waals surface area contributed by atoms with Crippen LogP contribution in [0.3, 0.4) is 0 Å². The van der Waals surface area contributed by atoms with Crippen LogP contribution in [0.4, 0.5) is 4.79 Å². The SMILES string of the molecule is CCCCC(OC(N)=O)C1c2ccccc2-c2ccccc21. The zero-order valence-electron chi connectivity index (χ0n) is 12.8. The molecule has 1 atom stereocenters. The van der Waals surface area contributed by atoms with E-state index in [-0.39, 0.29) is 12.0 Å². The first-order valence-electron chi connectivity index (χ1n) is 7.86. The zero-order chi connectivity index (χ0) is 15.5. The van der Waals surface area contributed by atoms with Gasteiger partial charge in [-0.1, -0.05) is 68.3 Å². The van der Waals surface area contributed by atoms with Gasteiger partial charge in [-0.25, -0.2) is 4.79 Å². The normalized spacial score (nSPS) is 14.2. The number of amides is 1. The molecule has 0 spiro atoms. The Hall–Kier alpha value is -2.29. The summed E-state index contributed by atoms with van der Waals surface area (Å²) in [5, 5.41) is 0. The molecule has 3 heteroatoms. The van der Waals surface area contributed by atoms with Crippen molar-refractivity contribution in [3.8, 4) is 11.1 Å². The molecule has 0 aromatic heterocycles. The van der Waals surface area contributed by atoms with E-state index in [1.54, 1.807) is 0 Å². The fraction of sp³-hybridized carbons (Fsp3) is 0.316. The molecular weight excluding hydrogens is 274 g/mol. The van der Waals surface area contributed by atoms with Gasteiger partial charge in [-0.2, -0.15) is 0 Å². The minimum absolute atomic E-state index is 0.0754. The summed E-state index contributed by atoms with van der Waals surface area (Å²) >= 11 is 0. The number of fused-ring (bicyclic) bond motifs is 3. The lowest BCUT2D eigenvalue weighted by Gasteiger charge is -2.25. The van der Waals surface area contributed by atoms with E-state index in [1.165, 1.54) is 22.3 Å². The maximum Gasteiger partial charge on any atom is 0.404 e. The van der Waals surface area contributed by atoms with Crippen molar-refractivity contribution in [3.63, 3.8) is 0 Å². The predicted molar refractivity (Wildman–Crippen MR) is 87.7 cm³/mol. The quantitative estimate of drug-likeness (QED) is 0.885. The molecule has 1 aliphatic rings. The topological polar surface area (TPSA) is 52.3 Å². The second-order valence-corrected chi connectivity index (χ2v) is 5.77. The van der Waals surface area contributed by atoms with E-state index in [4.69, 9.17) is 10.5 Å². The molecule has 0 heterocycles. The average molecular weight is 295 g/mol. The Bertz CT molecular complexity index is 635. The summed E-state index contributed by atoms with van der Waals surface area (Å²) in [7, 11) is 0. The molecule has 2 aromatic rings. The molecule has 1 unspecified atom stereocenters. The van der Waals surface area contributed by atoms with E-state index in [9.17, 15) is 4.79 Å². The Balaban J connectivity index is 2.05. The van der Waals surface area contributed by atoms with Gasteiger partial charge in [-0.15, -0.1) is 0 Å². The van der Waals surface area contributed by atoms with Gasteiger partial charge in [-0.3, -0.25) is 0 Å². The van der Waals surface area contributed by atoms with Crippen LogP contribution in [-0.2, 0) is 4.74 Å². The Labute approximate surface area is 131 Å². The van der Waals surface area contributed by atoms with Gasteiger partial charge < -0.3 is 10.5 Å². The van der Waals surface area contributed by atoms with Crippen LogP contribution in [0, 0.1) is 0 Å². The smallest absolute Gasteiger partial charge is 0.404 e. The van der Waals surface area contributed by atoms with Crippen LogP contribution in [0.2, 0.25) is 0 Å². The number of carbonyl (C=O) groups excluding carboxylic acids is 1. The lowest BCUT2D eigenvalue weighted by molar-refractivity contribution is 0.0905. The average Bonchev–Trinajstić information content (AvgIpc) is 2.86. The van der Waals surface area contributed by atoms with Crippen LogP contribution in [0.5, 0.6) is 0 Å². The second kappa shape index (κ2) is 6.22. The number of hydrogen-bond donors (Lipinski definition) is 1. The highest BCUT2D eigenvalue weighted by Crippen LogP contribution is 2.47. The minimum atomic E-state index is -0.692. The lowest BCUT2D eigenvalue weighted by Crippen LogP contribution is -2.28. The lowest BCUT2D eigenvalue weighted by atomic mass is 9.88. The van der Waals surface area contributed by atoms with Crippen molar-refractivity contribution in [2.24, 2.45) is 5.73 Å². The Kier molecular flexibility index (Phi) is 4.14. The molecule has 0 saturated heterocycles. The van der Waals surface area contributed by atoms with Crippen LogP contribution < -0.4 is 5.73 Å². The fourth-order valence-electron chi connectivity index (χ4n) is 3.44. The number of primary amides is 1. The molecule has 1 aliphatic carbocycles. The second-order valence-electron chi connectivity index (χ2n) is 5.77. The molecule has 3 rings (SSSR count). The van der Waals surface area contributed by atoms with Gasteiger partial charge in [0, 0.05) is 5.92 Å². The highest BCUT2D eigenvalue weighted by Gasteiger charge is 2.35.